The summed E-state index contributed by atoms with van der Waals surface area (Å²) >= 11 is 0. The molecular weight excluding hydrogens is 214 g/mol. The highest BCUT2D eigenvalue weighted by atomic mass is 16.5. The lowest BCUT2D eigenvalue weighted by Gasteiger charge is -2.16. The molecule has 1 aromatic carbocycles. The van der Waals surface area contributed by atoms with Gasteiger partial charge in [-0.05, 0) is 24.6 Å². The molecule has 0 saturated heterocycles. The van der Waals surface area contributed by atoms with Crippen molar-refractivity contribution in [1.82, 2.24) is 0 Å². The fraction of sp³-hybridized carbons (Fsp3) is 0.286. The number of nitrogens with two attached hydrogens (primary N) is 1. The summed E-state index contributed by atoms with van der Waals surface area (Å²) in [6.45, 7) is 3.08. The molecule has 3 heteroatoms. The van der Waals surface area contributed by atoms with Gasteiger partial charge in [0.25, 0.3) is 0 Å². The van der Waals surface area contributed by atoms with Crippen molar-refractivity contribution in [1.29, 1.82) is 0 Å². The van der Waals surface area contributed by atoms with Crippen LogP contribution in [0.4, 0.5) is 0 Å². The Morgan fingerprint density at radius 1 is 1.24 bits per heavy atom. The van der Waals surface area contributed by atoms with Crippen molar-refractivity contribution in [3.63, 3.8) is 0 Å². The molecule has 1 unspecified atom stereocenters. The van der Waals surface area contributed by atoms with Gasteiger partial charge in [-0.1, -0.05) is 29.8 Å². The van der Waals surface area contributed by atoms with Crippen molar-refractivity contribution in [2.45, 2.75) is 13.0 Å². The van der Waals surface area contributed by atoms with Crippen molar-refractivity contribution in [2.75, 3.05) is 13.2 Å². The predicted octanol–water partition coefficient (Wildman–Crippen LogP) is 2.65. The summed E-state index contributed by atoms with van der Waals surface area (Å²) in [4.78, 5) is 0. The molecule has 2 N–H and O–H groups in total. The predicted molar refractivity (Wildman–Crippen MR) is 66.7 cm³/mol. The molecule has 1 atom stereocenters. The Morgan fingerprint density at radius 3 is 2.59 bits per heavy atom. The standard InChI is InChI=1S/C14H17NO2/c1-11-4-6-12(7-5-11)14(17-10-8-15)13-3-2-9-16-13/h2-7,9,14H,8,10,15H2,1H3. The molecular formula is C14H17NO2. The second kappa shape index (κ2) is 5.66. The first-order chi connectivity index (χ1) is 8.31. The van der Waals surface area contributed by atoms with E-state index in [1.807, 2.05) is 12.1 Å². The van der Waals surface area contributed by atoms with Crippen LogP contribution in [0.5, 0.6) is 0 Å². The summed E-state index contributed by atoms with van der Waals surface area (Å²) < 4.78 is 11.2. The van der Waals surface area contributed by atoms with Gasteiger partial charge in [0, 0.05) is 6.54 Å². The second-order valence-electron chi connectivity index (χ2n) is 3.97. The SMILES string of the molecule is Cc1ccc(C(OCCN)c2ccco2)cc1. The van der Waals surface area contributed by atoms with Gasteiger partial charge < -0.3 is 14.9 Å². The molecule has 17 heavy (non-hydrogen) atoms. The lowest BCUT2D eigenvalue weighted by atomic mass is 10.1. The third-order valence-corrected chi connectivity index (χ3v) is 2.58. The molecule has 1 heterocycles. The highest BCUT2D eigenvalue weighted by Crippen LogP contribution is 2.26. The number of hydrogen-bond donors (Lipinski definition) is 1. The van der Waals surface area contributed by atoms with E-state index in [9.17, 15) is 0 Å². The molecule has 0 saturated carbocycles. The lowest BCUT2D eigenvalue weighted by molar-refractivity contribution is 0.0709. The van der Waals surface area contributed by atoms with Crippen LogP contribution < -0.4 is 5.73 Å². The minimum Gasteiger partial charge on any atom is -0.466 e. The van der Waals surface area contributed by atoms with Gasteiger partial charge in [0.1, 0.15) is 11.9 Å². The largest absolute Gasteiger partial charge is 0.466 e. The normalized spacial score (nSPS) is 12.6. The number of furan rings is 1. The van der Waals surface area contributed by atoms with Gasteiger partial charge >= 0.3 is 0 Å². The van der Waals surface area contributed by atoms with Crippen molar-refractivity contribution in [3.8, 4) is 0 Å². The van der Waals surface area contributed by atoms with Crippen LogP contribution >= 0.6 is 0 Å². The first kappa shape index (κ1) is 11.9. The van der Waals surface area contributed by atoms with Crippen molar-refractivity contribution in [2.24, 2.45) is 5.73 Å². The van der Waals surface area contributed by atoms with E-state index in [4.69, 9.17) is 14.9 Å². The zero-order chi connectivity index (χ0) is 12.1. The van der Waals surface area contributed by atoms with E-state index in [2.05, 4.69) is 31.2 Å². The lowest BCUT2D eigenvalue weighted by Crippen LogP contribution is -2.13. The van der Waals surface area contributed by atoms with Crippen LogP contribution in [0.2, 0.25) is 0 Å². The minimum absolute atomic E-state index is 0.172. The Morgan fingerprint density at radius 2 is 2.00 bits per heavy atom. The Balaban J connectivity index is 2.23. The van der Waals surface area contributed by atoms with Crippen molar-refractivity contribution in [3.05, 3.63) is 59.5 Å². The third kappa shape index (κ3) is 2.96. The molecule has 90 valence electrons. The molecule has 0 spiro atoms. The maximum Gasteiger partial charge on any atom is 0.140 e. The van der Waals surface area contributed by atoms with Crippen LogP contribution in [0.1, 0.15) is 23.0 Å². The molecule has 3 nitrogen and oxygen atoms in total. The molecule has 0 aliphatic rings. The van der Waals surface area contributed by atoms with Gasteiger partial charge in [-0.3, -0.25) is 0 Å². The zero-order valence-corrected chi connectivity index (χ0v) is 9.93. The third-order valence-electron chi connectivity index (χ3n) is 2.58. The fourth-order valence-electron chi connectivity index (χ4n) is 1.71. The molecule has 0 amide bonds. The number of hydrogen-bond acceptors (Lipinski definition) is 3. The molecule has 0 bridgehead atoms. The fourth-order valence-corrected chi connectivity index (χ4v) is 1.71. The molecule has 2 aromatic rings. The summed E-state index contributed by atoms with van der Waals surface area (Å²) in [6.07, 6.45) is 1.48. The maximum atomic E-state index is 5.74. The number of aryl methyl sites for hydroxylation is 1. The van der Waals surface area contributed by atoms with E-state index in [0.29, 0.717) is 13.2 Å². The Kier molecular flexibility index (Phi) is 3.96. The highest BCUT2D eigenvalue weighted by molar-refractivity contribution is 5.27. The van der Waals surface area contributed by atoms with Gasteiger partial charge in [0.15, 0.2) is 0 Å². The first-order valence-electron chi connectivity index (χ1n) is 5.73. The monoisotopic (exact) mass is 231 g/mol. The minimum atomic E-state index is -0.172. The molecule has 0 aliphatic carbocycles. The zero-order valence-electron chi connectivity index (χ0n) is 9.93. The topological polar surface area (TPSA) is 48.4 Å². The number of ether oxygens (including phenoxy) is 1. The van der Waals surface area contributed by atoms with Crippen molar-refractivity contribution >= 4 is 0 Å². The Labute approximate surface area is 101 Å². The summed E-state index contributed by atoms with van der Waals surface area (Å²) in [7, 11) is 0. The van der Waals surface area contributed by atoms with Crippen LogP contribution in [0.3, 0.4) is 0 Å². The summed E-state index contributed by atoms with van der Waals surface area (Å²) in [6, 6.07) is 12.0. The number of rotatable bonds is 5. The number of benzene rings is 1. The maximum absolute atomic E-state index is 5.74. The van der Waals surface area contributed by atoms with Crippen molar-refractivity contribution < 1.29 is 9.15 Å². The quantitative estimate of drug-likeness (QED) is 0.860. The average Bonchev–Trinajstić information content (AvgIpc) is 2.85. The molecule has 0 aliphatic heterocycles. The molecule has 0 radical (unpaired) electrons. The Bertz CT molecular complexity index is 434. The van der Waals surface area contributed by atoms with E-state index in [1.54, 1.807) is 6.26 Å². The van der Waals surface area contributed by atoms with E-state index in [-0.39, 0.29) is 6.10 Å². The smallest absolute Gasteiger partial charge is 0.140 e. The summed E-state index contributed by atoms with van der Waals surface area (Å²) in [5, 5.41) is 0. The molecule has 1 aromatic heterocycles. The van der Waals surface area contributed by atoms with E-state index in [0.717, 1.165) is 11.3 Å². The van der Waals surface area contributed by atoms with Gasteiger partial charge in [-0.2, -0.15) is 0 Å². The van der Waals surface area contributed by atoms with E-state index < -0.39 is 0 Å². The van der Waals surface area contributed by atoms with Gasteiger partial charge in [-0.25, -0.2) is 0 Å². The van der Waals surface area contributed by atoms with Crippen LogP contribution in [0.15, 0.2) is 47.1 Å². The summed E-state index contributed by atoms with van der Waals surface area (Å²) in [5.41, 5.74) is 7.79. The van der Waals surface area contributed by atoms with Gasteiger partial charge in [-0.15, -0.1) is 0 Å². The second-order valence-corrected chi connectivity index (χ2v) is 3.97. The van der Waals surface area contributed by atoms with Crippen LogP contribution in [-0.2, 0) is 4.74 Å². The molecule has 2 rings (SSSR count). The summed E-state index contributed by atoms with van der Waals surface area (Å²) in [5.74, 6) is 0.808. The van der Waals surface area contributed by atoms with Crippen LogP contribution in [0.25, 0.3) is 0 Å². The van der Waals surface area contributed by atoms with Gasteiger partial charge in [0.05, 0.1) is 12.9 Å². The van der Waals surface area contributed by atoms with Gasteiger partial charge in [0.2, 0.25) is 0 Å². The van der Waals surface area contributed by atoms with Crippen LogP contribution in [-0.4, -0.2) is 13.2 Å². The Hall–Kier alpha value is -1.58. The van der Waals surface area contributed by atoms with E-state index >= 15 is 0 Å². The highest BCUT2D eigenvalue weighted by Gasteiger charge is 2.16. The average molecular weight is 231 g/mol. The molecule has 0 fully saturated rings. The van der Waals surface area contributed by atoms with Crippen LogP contribution in [0, 0.1) is 6.92 Å². The first-order valence-corrected chi connectivity index (χ1v) is 5.73. The van der Waals surface area contributed by atoms with E-state index in [1.165, 1.54) is 5.56 Å².